The first kappa shape index (κ1) is 23.6. The molecule has 0 fully saturated rings. The van der Waals surface area contributed by atoms with Gasteiger partial charge in [0, 0.05) is 23.6 Å². The molecule has 0 amide bonds. The largest absolute Gasteiger partial charge is 0.460 e. The molecule has 0 N–H and O–H groups in total. The minimum Gasteiger partial charge on any atom is -0.460 e. The van der Waals surface area contributed by atoms with Gasteiger partial charge in [0.2, 0.25) is 0 Å². The molecule has 4 rings (SSSR count). The molecule has 0 radical (unpaired) electrons. The van der Waals surface area contributed by atoms with Crippen molar-refractivity contribution in [2.45, 2.75) is 51.0 Å². The van der Waals surface area contributed by atoms with Crippen LogP contribution in [0, 0.1) is 6.92 Å². The highest BCUT2D eigenvalue weighted by Gasteiger charge is 2.21. The standard InChI is InChI=1S/C26H27N3O4S/c1-18-5-12-21(13-6-18)34(31,32)29-16-15-22-24(27-17-28-25(22)29)20-10-7-19(8-11-20)9-14-23(30)33-26(2,3)4/h5-8,10-13,15-17H,9,14H2,1-4H3. The predicted octanol–water partition coefficient (Wildman–Crippen LogP) is 4.92. The van der Waals surface area contributed by atoms with Crippen molar-refractivity contribution in [3.05, 3.63) is 78.2 Å². The quantitative estimate of drug-likeness (QED) is 0.366. The van der Waals surface area contributed by atoms with E-state index in [0.29, 0.717) is 29.6 Å². The third-order valence-corrected chi connectivity index (χ3v) is 6.97. The Morgan fingerprint density at radius 1 is 0.971 bits per heavy atom. The Balaban J connectivity index is 1.59. The van der Waals surface area contributed by atoms with E-state index in [1.54, 1.807) is 30.3 Å². The summed E-state index contributed by atoms with van der Waals surface area (Å²) in [5.74, 6) is -0.231. The molecule has 0 aliphatic carbocycles. The highest BCUT2D eigenvalue weighted by atomic mass is 32.2. The van der Waals surface area contributed by atoms with E-state index in [1.165, 1.54) is 16.5 Å². The third-order valence-electron chi connectivity index (χ3n) is 5.29. The van der Waals surface area contributed by atoms with Crippen LogP contribution in [0.3, 0.4) is 0 Å². The van der Waals surface area contributed by atoms with Crippen LogP contribution in [0.1, 0.15) is 38.3 Å². The molecule has 2 aromatic carbocycles. The third kappa shape index (κ3) is 5.02. The maximum absolute atomic E-state index is 13.2. The summed E-state index contributed by atoms with van der Waals surface area (Å²) in [4.78, 5) is 20.8. The number of ether oxygens (including phenoxy) is 1. The van der Waals surface area contributed by atoms with Crippen molar-refractivity contribution in [3.8, 4) is 11.3 Å². The average molecular weight is 478 g/mol. The second-order valence-electron chi connectivity index (χ2n) is 9.17. The number of esters is 1. The maximum atomic E-state index is 13.2. The molecule has 2 heterocycles. The van der Waals surface area contributed by atoms with Crippen LogP contribution in [-0.4, -0.2) is 33.9 Å². The van der Waals surface area contributed by atoms with Crippen LogP contribution >= 0.6 is 0 Å². The lowest BCUT2D eigenvalue weighted by Crippen LogP contribution is -2.23. The number of hydrogen-bond donors (Lipinski definition) is 0. The molecule has 0 saturated carbocycles. The van der Waals surface area contributed by atoms with E-state index < -0.39 is 15.6 Å². The molecule has 7 nitrogen and oxygen atoms in total. The zero-order valence-electron chi connectivity index (χ0n) is 19.6. The van der Waals surface area contributed by atoms with E-state index in [-0.39, 0.29) is 10.9 Å². The van der Waals surface area contributed by atoms with Crippen LogP contribution in [0.5, 0.6) is 0 Å². The number of carbonyl (C=O) groups excluding carboxylic acids is 1. The first-order chi connectivity index (χ1) is 16.0. The topological polar surface area (TPSA) is 91.2 Å². The minimum atomic E-state index is -3.79. The molecule has 0 aliphatic rings. The number of carbonyl (C=O) groups is 1. The second-order valence-corrected chi connectivity index (χ2v) is 11.0. The summed E-state index contributed by atoms with van der Waals surface area (Å²) in [5.41, 5.74) is 3.28. The fourth-order valence-corrected chi connectivity index (χ4v) is 4.95. The van der Waals surface area contributed by atoms with Crippen LogP contribution in [0.2, 0.25) is 0 Å². The minimum absolute atomic E-state index is 0.199. The van der Waals surface area contributed by atoms with Gasteiger partial charge in [0.15, 0.2) is 5.65 Å². The number of benzene rings is 2. The summed E-state index contributed by atoms with van der Waals surface area (Å²) in [6.07, 6.45) is 3.75. The summed E-state index contributed by atoms with van der Waals surface area (Å²) >= 11 is 0. The van der Waals surface area contributed by atoms with Crippen molar-refractivity contribution in [1.82, 2.24) is 13.9 Å². The van der Waals surface area contributed by atoms with Gasteiger partial charge in [-0.05, 0) is 57.9 Å². The van der Waals surface area contributed by atoms with Gasteiger partial charge in [0.1, 0.15) is 11.9 Å². The Kier molecular flexibility index (Phi) is 6.27. The number of nitrogens with zero attached hydrogens (tertiary/aromatic N) is 3. The van der Waals surface area contributed by atoms with Gasteiger partial charge in [0.05, 0.1) is 10.6 Å². The van der Waals surface area contributed by atoms with Gasteiger partial charge < -0.3 is 4.74 Å². The molecule has 0 saturated heterocycles. The van der Waals surface area contributed by atoms with Crippen molar-refractivity contribution >= 4 is 27.0 Å². The average Bonchev–Trinajstić information content (AvgIpc) is 3.22. The lowest BCUT2D eigenvalue weighted by atomic mass is 10.0. The number of fused-ring (bicyclic) bond motifs is 1. The Bertz CT molecular complexity index is 1430. The molecular formula is C26H27N3O4S. The number of rotatable bonds is 6. The van der Waals surface area contributed by atoms with Gasteiger partial charge in [-0.1, -0.05) is 42.0 Å². The van der Waals surface area contributed by atoms with Gasteiger partial charge in [-0.15, -0.1) is 0 Å². The Labute approximate surface area is 199 Å². The monoisotopic (exact) mass is 477 g/mol. The van der Waals surface area contributed by atoms with Crippen LogP contribution in [0.25, 0.3) is 22.3 Å². The predicted molar refractivity (Wildman–Crippen MR) is 131 cm³/mol. The smallest absolute Gasteiger partial charge is 0.306 e. The molecule has 0 spiro atoms. The van der Waals surface area contributed by atoms with Gasteiger partial charge in [-0.3, -0.25) is 4.79 Å². The lowest BCUT2D eigenvalue weighted by molar-refractivity contribution is -0.154. The van der Waals surface area contributed by atoms with Crippen molar-refractivity contribution in [3.63, 3.8) is 0 Å². The molecule has 0 unspecified atom stereocenters. The number of aryl methyl sites for hydroxylation is 2. The molecule has 34 heavy (non-hydrogen) atoms. The maximum Gasteiger partial charge on any atom is 0.306 e. The molecular weight excluding hydrogens is 450 g/mol. The van der Waals surface area contributed by atoms with Crippen LogP contribution in [-0.2, 0) is 26.0 Å². The van der Waals surface area contributed by atoms with Gasteiger partial charge >= 0.3 is 5.97 Å². The van der Waals surface area contributed by atoms with Crippen LogP contribution < -0.4 is 0 Å². The first-order valence-corrected chi connectivity index (χ1v) is 12.4. The number of aromatic nitrogens is 3. The van der Waals surface area contributed by atoms with Crippen LogP contribution in [0.4, 0.5) is 0 Å². The van der Waals surface area contributed by atoms with Gasteiger partial charge in [0.25, 0.3) is 10.0 Å². The highest BCUT2D eigenvalue weighted by Crippen LogP contribution is 2.28. The molecule has 176 valence electrons. The molecule has 0 atom stereocenters. The molecule has 0 aliphatic heterocycles. The zero-order valence-corrected chi connectivity index (χ0v) is 20.5. The van der Waals surface area contributed by atoms with E-state index >= 15 is 0 Å². The summed E-state index contributed by atoms with van der Waals surface area (Å²) < 4.78 is 32.9. The Hall–Kier alpha value is -3.52. The highest BCUT2D eigenvalue weighted by molar-refractivity contribution is 7.90. The van der Waals surface area contributed by atoms with E-state index in [0.717, 1.165) is 16.7 Å². The van der Waals surface area contributed by atoms with E-state index in [4.69, 9.17) is 4.74 Å². The lowest BCUT2D eigenvalue weighted by Gasteiger charge is -2.19. The second kappa shape index (κ2) is 9.02. The van der Waals surface area contributed by atoms with Crippen molar-refractivity contribution in [2.75, 3.05) is 0 Å². The van der Waals surface area contributed by atoms with Crippen molar-refractivity contribution < 1.29 is 17.9 Å². The summed E-state index contributed by atoms with van der Waals surface area (Å²) in [6.45, 7) is 7.45. The fourth-order valence-electron chi connectivity index (χ4n) is 3.64. The molecule has 8 heteroatoms. The van der Waals surface area contributed by atoms with E-state index in [1.807, 2.05) is 52.0 Å². The van der Waals surface area contributed by atoms with E-state index in [2.05, 4.69) is 9.97 Å². The van der Waals surface area contributed by atoms with Crippen molar-refractivity contribution in [1.29, 1.82) is 0 Å². The van der Waals surface area contributed by atoms with Crippen LogP contribution in [0.15, 0.2) is 72.0 Å². The summed E-state index contributed by atoms with van der Waals surface area (Å²) in [5, 5.41) is 0.639. The summed E-state index contributed by atoms with van der Waals surface area (Å²) in [6, 6.07) is 16.1. The molecule has 2 aromatic heterocycles. The SMILES string of the molecule is Cc1ccc(S(=O)(=O)n2ccc3c(-c4ccc(CCC(=O)OC(C)(C)C)cc4)ncnc32)cc1. The Morgan fingerprint density at radius 3 is 2.29 bits per heavy atom. The number of hydrogen-bond acceptors (Lipinski definition) is 6. The summed E-state index contributed by atoms with van der Waals surface area (Å²) in [7, 11) is -3.79. The van der Waals surface area contributed by atoms with E-state index in [9.17, 15) is 13.2 Å². The normalized spacial score (nSPS) is 12.1. The zero-order chi connectivity index (χ0) is 24.5. The van der Waals surface area contributed by atoms with Gasteiger partial charge in [-0.25, -0.2) is 22.4 Å². The van der Waals surface area contributed by atoms with Crippen molar-refractivity contribution in [2.24, 2.45) is 0 Å². The first-order valence-electron chi connectivity index (χ1n) is 11.0. The van der Waals surface area contributed by atoms with Gasteiger partial charge in [-0.2, -0.15) is 0 Å². The molecule has 4 aromatic rings. The molecule has 0 bridgehead atoms. The Morgan fingerprint density at radius 2 is 1.65 bits per heavy atom. The fraction of sp³-hybridized carbons (Fsp3) is 0.269.